The maximum atomic E-state index is 12.4. The topological polar surface area (TPSA) is 80.9 Å². The van der Waals surface area contributed by atoms with Crippen molar-refractivity contribution < 1.29 is 9.32 Å². The molecule has 0 saturated carbocycles. The van der Waals surface area contributed by atoms with Gasteiger partial charge in [0.05, 0.1) is 5.25 Å². The maximum Gasteiger partial charge on any atom is 0.238 e. The summed E-state index contributed by atoms with van der Waals surface area (Å²) in [5.41, 5.74) is 1.38. The van der Waals surface area contributed by atoms with Gasteiger partial charge < -0.3 is 9.84 Å². The Morgan fingerprint density at radius 3 is 3.00 bits per heavy atom. The molecule has 3 aromatic heterocycles. The van der Waals surface area contributed by atoms with Crippen molar-refractivity contribution in [1.29, 1.82) is 0 Å². The number of nitrogens with one attached hydrogen (secondary N) is 1. The number of carbonyl (C=O) groups excluding carboxylic acids is 1. The lowest BCUT2D eigenvalue weighted by Gasteiger charge is -2.13. The number of thiophene rings is 1. The first-order valence-corrected chi connectivity index (χ1v) is 9.97. The van der Waals surface area contributed by atoms with Crippen LogP contribution < -0.4 is 5.32 Å². The summed E-state index contributed by atoms with van der Waals surface area (Å²) in [6, 6.07) is 1.70. The molecule has 4 rings (SSSR count). The molecule has 0 bridgehead atoms. The largest absolute Gasteiger partial charge is 0.360 e. The number of thioether (sulfide) groups is 1. The van der Waals surface area contributed by atoms with Crippen molar-refractivity contribution in [2.24, 2.45) is 0 Å². The molecule has 0 spiro atoms. The van der Waals surface area contributed by atoms with Gasteiger partial charge in [0.25, 0.3) is 0 Å². The number of anilines is 1. The summed E-state index contributed by atoms with van der Waals surface area (Å²) < 4.78 is 4.98. The molecule has 1 aliphatic carbocycles. The van der Waals surface area contributed by atoms with Crippen LogP contribution in [0, 0.1) is 6.92 Å². The van der Waals surface area contributed by atoms with Crippen LogP contribution in [0.5, 0.6) is 0 Å². The van der Waals surface area contributed by atoms with E-state index in [1.165, 1.54) is 35.0 Å². The van der Waals surface area contributed by atoms with Gasteiger partial charge in [-0.25, -0.2) is 9.97 Å². The normalized spacial score (nSPS) is 15.1. The molecule has 1 amide bonds. The highest BCUT2D eigenvalue weighted by molar-refractivity contribution is 8.00. The standard InChI is InChI=1S/C17H18N4O2S2/c1-9-7-13(21-23-9)20-15(22)10(2)24-16-14-11-5-3-4-6-12(11)25-17(14)19-8-18-16/h7-8,10H,3-6H2,1-2H3,(H,20,21,22)/t10-/m1/s1. The lowest BCUT2D eigenvalue weighted by molar-refractivity contribution is -0.115. The lowest BCUT2D eigenvalue weighted by atomic mass is 9.97. The van der Waals surface area contributed by atoms with Crippen molar-refractivity contribution in [3.63, 3.8) is 0 Å². The Balaban J connectivity index is 1.57. The summed E-state index contributed by atoms with van der Waals surface area (Å²) in [5, 5.41) is 8.32. The Labute approximate surface area is 153 Å². The fourth-order valence-corrected chi connectivity index (χ4v) is 5.26. The highest BCUT2D eigenvalue weighted by Gasteiger charge is 2.23. The van der Waals surface area contributed by atoms with Gasteiger partial charge in [0.1, 0.15) is 21.9 Å². The number of aryl methyl sites for hydroxylation is 3. The van der Waals surface area contributed by atoms with Gasteiger partial charge in [-0.3, -0.25) is 4.79 Å². The number of aromatic nitrogens is 3. The quantitative estimate of drug-likeness (QED) is 0.549. The second kappa shape index (κ2) is 6.76. The minimum Gasteiger partial charge on any atom is -0.360 e. The van der Waals surface area contributed by atoms with Crippen LogP contribution in [0.1, 0.15) is 36.0 Å². The van der Waals surface area contributed by atoms with E-state index in [2.05, 4.69) is 20.4 Å². The average Bonchev–Trinajstić information content (AvgIpc) is 3.18. The second-order valence-electron chi connectivity index (χ2n) is 6.14. The van der Waals surface area contributed by atoms with Crippen LogP contribution in [0.25, 0.3) is 10.2 Å². The van der Waals surface area contributed by atoms with E-state index in [9.17, 15) is 4.79 Å². The van der Waals surface area contributed by atoms with Gasteiger partial charge in [0.2, 0.25) is 5.91 Å². The Morgan fingerprint density at radius 1 is 1.36 bits per heavy atom. The van der Waals surface area contributed by atoms with Crippen LogP contribution in [0.2, 0.25) is 0 Å². The van der Waals surface area contributed by atoms with E-state index in [1.807, 2.05) is 6.92 Å². The number of hydrogen-bond acceptors (Lipinski definition) is 7. The Kier molecular flexibility index (Phi) is 4.47. The van der Waals surface area contributed by atoms with Crippen molar-refractivity contribution in [3.05, 3.63) is 28.6 Å². The molecule has 25 heavy (non-hydrogen) atoms. The van der Waals surface area contributed by atoms with Gasteiger partial charge >= 0.3 is 0 Å². The fraction of sp³-hybridized carbons (Fsp3) is 0.412. The molecule has 3 heterocycles. The third kappa shape index (κ3) is 3.28. The molecule has 6 nitrogen and oxygen atoms in total. The van der Waals surface area contributed by atoms with Gasteiger partial charge in [-0.15, -0.1) is 11.3 Å². The van der Waals surface area contributed by atoms with Crippen molar-refractivity contribution in [1.82, 2.24) is 15.1 Å². The number of amides is 1. The Morgan fingerprint density at radius 2 is 2.20 bits per heavy atom. The molecule has 0 radical (unpaired) electrons. The summed E-state index contributed by atoms with van der Waals surface area (Å²) in [5.74, 6) is 0.989. The van der Waals surface area contributed by atoms with E-state index in [1.54, 1.807) is 30.7 Å². The molecule has 3 aromatic rings. The highest BCUT2D eigenvalue weighted by atomic mass is 32.2. The van der Waals surface area contributed by atoms with Gasteiger partial charge in [0.15, 0.2) is 5.82 Å². The predicted molar refractivity (Wildman–Crippen MR) is 99.2 cm³/mol. The molecule has 1 N–H and O–H groups in total. The van der Waals surface area contributed by atoms with Crippen molar-refractivity contribution in [3.8, 4) is 0 Å². The minimum atomic E-state index is -0.297. The minimum absolute atomic E-state index is 0.117. The zero-order valence-corrected chi connectivity index (χ0v) is 15.7. The zero-order chi connectivity index (χ0) is 17.4. The second-order valence-corrected chi connectivity index (χ2v) is 8.56. The molecule has 1 atom stereocenters. The van der Waals surface area contributed by atoms with Crippen LogP contribution in [0.15, 0.2) is 21.9 Å². The summed E-state index contributed by atoms with van der Waals surface area (Å²) >= 11 is 3.24. The van der Waals surface area contributed by atoms with Gasteiger partial charge in [-0.1, -0.05) is 16.9 Å². The van der Waals surface area contributed by atoms with E-state index in [-0.39, 0.29) is 11.2 Å². The number of rotatable bonds is 4. The fourth-order valence-electron chi connectivity index (χ4n) is 3.02. The molecule has 8 heteroatoms. The van der Waals surface area contributed by atoms with E-state index < -0.39 is 0 Å². The zero-order valence-electron chi connectivity index (χ0n) is 14.0. The molecule has 0 unspecified atom stereocenters. The van der Waals surface area contributed by atoms with Crippen LogP contribution in [0.4, 0.5) is 5.82 Å². The summed E-state index contributed by atoms with van der Waals surface area (Å²) in [4.78, 5) is 23.8. The SMILES string of the molecule is Cc1cc(NC(=O)[C@@H](C)Sc2ncnc3sc4c(c23)CCCC4)no1. The van der Waals surface area contributed by atoms with Crippen molar-refractivity contribution in [2.75, 3.05) is 5.32 Å². The third-order valence-corrected chi connectivity index (χ3v) is 6.55. The molecule has 0 aromatic carbocycles. The molecule has 0 saturated heterocycles. The highest BCUT2D eigenvalue weighted by Crippen LogP contribution is 2.40. The van der Waals surface area contributed by atoms with Crippen LogP contribution in [0.3, 0.4) is 0 Å². The Hall–Kier alpha value is -1.93. The number of hydrogen-bond donors (Lipinski definition) is 1. The molecular weight excluding hydrogens is 356 g/mol. The summed E-state index contributed by atoms with van der Waals surface area (Å²) in [7, 11) is 0. The van der Waals surface area contributed by atoms with Gasteiger partial charge in [-0.05, 0) is 45.1 Å². The molecule has 1 aliphatic rings. The van der Waals surface area contributed by atoms with Crippen molar-refractivity contribution in [2.45, 2.75) is 49.8 Å². The molecule has 130 valence electrons. The average molecular weight is 374 g/mol. The number of nitrogens with zero attached hydrogens (tertiary/aromatic N) is 3. The number of carbonyl (C=O) groups is 1. The monoisotopic (exact) mass is 374 g/mol. The van der Waals surface area contributed by atoms with Crippen molar-refractivity contribution >= 4 is 45.0 Å². The van der Waals surface area contributed by atoms with Crippen LogP contribution in [-0.2, 0) is 17.6 Å². The van der Waals surface area contributed by atoms with E-state index in [0.29, 0.717) is 11.6 Å². The maximum absolute atomic E-state index is 12.4. The molecule has 0 fully saturated rings. The smallest absolute Gasteiger partial charge is 0.238 e. The van der Waals surface area contributed by atoms with Crippen LogP contribution in [-0.4, -0.2) is 26.3 Å². The first-order valence-electron chi connectivity index (χ1n) is 8.28. The van der Waals surface area contributed by atoms with Gasteiger partial charge in [-0.2, -0.15) is 0 Å². The Bertz CT molecular complexity index is 934. The summed E-state index contributed by atoms with van der Waals surface area (Å²) in [6.07, 6.45) is 6.25. The summed E-state index contributed by atoms with van der Waals surface area (Å²) in [6.45, 7) is 3.66. The van der Waals surface area contributed by atoms with Crippen LogP contribution >= 0.6 is 23.1 Å². The van der Waals surface area contributed by atoms with E-state index in [0.717, 1.165) is 28.1 Å². The van der Waals surface area contributed by atoms with Gasteiger partial charge in [0, 0.05) is 16.3 Å². The number of fused-ring (bicyclic) bond motifs is 3. The molecular formula is C17H18N4O2S2. The third-order valence-electron chi connectivity index (χ3n) is 4.25. The first kappa shape index (κ1) is 16.5. The predicted octanol–water partition coefficient (Wildman–Crippen LogP) is 3.99. The van der Waals surface area contributed by atoms with E-state index >= 15 is 0 Å². The first-order chi connectivity index (χ1) is 12.1. The van der Waals surface area contributed by atoms with E-state index in [4.69, 9.17) is 4.52 Å². The molecule has 0 aliphatic heterocycles. The lowest BCUT2D eigenvalue weighted by Crippen LogP contribution is -2.22.